The molecule has 0 unspecified atom stereocenters. The number of thiophene rings is 1. The van der Waals surface area contributed by atoms with Crippen molar-refractivity contribution in [1.82, 2.24) is 4.72 Å². The van der Waals surface area contributed by atoms with E-state index in [4.69, 9.17) is 0 Å². The highest BCUT2D eigenvalue weighted by atomic mass is 32.2. The fourth-order valence-electron chi connectivity index (χ4n) is 1.53. The number of benzene rings is 1. The molecule has 0 aliphatic heterocycles. The predicted molar refractivity (Wildman–Crippen MR) is 69.5 cm³/mol. The summed E-state index contributed by atoms with van der Waals surface area (Å²) in [5.74, 6) is -0.568. The lowest BCUT2D eigenvalue weighted by Gasteiger charge is -2.12. The van der Waals surface area contributed by atoms with E-state index in [-0.39, 0.29) is 10.9 Å². The average Bonchev–Trinajstić information content (AvgIpc) is 2.82. The van der Waals surface area contributed by atoms with Gasteiger partial charge in [0.15, 0.2) is 0 Å². The van der Waals surface area contributed by atoms with Crippen molar-refractivity contribution in [3.8, 4) is 0 Å². The van der Waals surface area contributed by atoms with Crippen LogP contribution in [0.25, 0.3) is 0 Å². The van der Waals surface area contributed by atoms with E-state index in [0.29, 0.717) is 0 Å². The molecule has 0 saturated heterocycles. The molecule has 0 aliphatic carbocycles. The zero-order valence-electron chi connectivity index (χ0n) is 9.63. The number of halogens is 1. The molecule has 1 atom stereocenters. The van der Waals surface area contributed by atoms with Crippen LogP contribution in [0.15, 0.2) is 46.7 Å². The van der Waals surface area contributed by atoms with Crippen molar-refractivity contribution in [2.45, 2.75) is 17.9 Å². The molecule has 0 fully saturated rings. The van der Waals surface area contributed by atoms with Gasteiger partial charge in [-0.3, -0.25) is 0 Å². The lowest BCUT2D eigenvalue weighted by atomic mass is 10.3. The molecule has 1 aromatic carbocycles. The summed E-state index contributed by atoms with van der Waals surface area (Å²) >= 11 is 1.47. The highest BCUT2D eigenvalue weighted by molar-refractivity contribution is 7.89. The molecule has 6 heteroatoms. The van der Waals surface area contributed by atoms with Crippen molar-refractivity contribution in [3.63, 3.8) is 0 Å². The van der Waals surface area contributed by atoms with Gasteiger partial charge in [-0.25, -0.2) is 17.5 Å². The number of nitrogens with one attached hydrogen (secondary N) is 1. The van der Waals surface area contributed by atoms with Gasteiger partial charge in [-0.15, -0.1) is 11.3 Å². The molecular formula is C12H12FNO2S2. The molecule has 18 heavy (non-hydrogen) atoms. The van der Waals surface area contributed by atoms with E-state index in [0.717, 1.165) is 10.9 Å². The van der Waals surface area contributed by atoms with Gasteiger partial charge in [-0.2, -0.15) is 0 Å². The molecule has 1 heterocycles. The second kappa shape index (κ2) is 5.17. The summed E-state index contributed by atoms with van der Waals surface area (Å²) in [5.41, 5.74) is 0. The first kappa shape index (κ1) is 13.2. The minimum atomic E-state index is -3.69. The topological polar surface area (TPSA) is 46.2 Å². The van der Waals surface area contributed by atoms with E-state index < -0.39 is 15.8 Å². The van der Waals surface area contributed by atoms with Crippen LogP contribution in [0.1, 0.15) is 17.8 Å². The summed E-state index contributed by atoms with van der Waals surface area (Å²) in [7, 11) is -3.69. The zero-order valence-corrected chi connectivity index (χ0v) is 11.3. The lowest BCUT2D eigenvalue weighted by Crippen LogP contribution is -2.26. The van der Waals surface area contributed by atoms with E-state index in [2.05, 4.69) is 4.72 Å². The molecule has 1 N–H and O–H groups in total. The summed E-state index contributed by atoms with van der Waals surface area (Å²) in [6.07, 6.45) is 0. The van der Waals surface area contributed by atoms with E-state index in [1.54, 1.807) is 6.92 Å². The Labute approximate surface area is 109 Å². The first-order valence-electron chi connectivity index (χ1n) is 5.30. The summed E-state index contributed by atoms with van der Waals surface area (Å²) in [4.78, 5) is 0.848. The van der Waals surface area contributed by atoms with Crippen LogP contribution in [-0.4, -0.2) is 8.42 Å². The Morgan fingerprint density at radius 2 is 2.06 bits per heavy atom. The van der Waals surface area contributed by atoms with E-state index >= 15 is 0 Å². The minimum absolute atomic E-state index is 0.0640. The number of hydrogen-bond acceptors (Lipinski definition) is 3. The van der Waals surface area contributed by atoms with E-state index in [9.17, 15) is 12.8 Å². The van der Waals surface area contributed by atoms with Gasteiger partial charge in [-0.05, 0) is 36.6 Å². The van der Waals surface area contributed by atoms with Gasteiger partial charge in [0, 0.05) is 4.88 Å². The number of sulfonamides is 1. The summed E-state index contributed by atoms with van der Waals surface area (Å²) in [6, 6.07) is 8.33. The second-order valence-electron chi connectivity index (χ2n) is 3.82. The first-order chi connectivity index (χ1) is 8.49. The Morgan fingerprint density at radius 3 is 2.67 bits per heavy atom. The van der Waals surface area contributed by atoms with Crippen LogP contribution in [0.4, 0.5) is 4.39 Å². The molecule has 0 aliphatic rings. The van der Waals surface area contributed by atoms with Gasteiger partial charge in [-0.1, -0.05) is 12.1 Å². The van der Waals surface area contributed by atoms with Crippen molar-refractivity contribution in [3.05, 3.63) is 52.5 Å². The van der Waals surface area contributed by atoms with Crippen LogP contribution < -0.4 is 4.72 Å². The maximum absolute atomic E-state index is 13.0. The molecule has 0 spiro atoms. The fourth-order valence-corrected chi connectivity index (χ4v) is 3.59. The van der Waals surface area contributed by atoms with E-state index in [1.165, 1.54) is 29.5 Å². The third-order valence-electron chi connectivity index (χ3n) is 2.41. The average molecular weight is 285 g/mol. The Balaban J connectivity index is 2.22. The smallest absolute Gasteiger partial charge is 0.207 e. The standard InChI is InChI=1S/C12H12FNO2S2/c1-9(12-6-3-7-17-12)14-18(15,16)11-5-2-4-10(13)8-11/h2-9,14H,1H3/t9-/m0/s1. The van der Waals surface area contributed by atoms with Crippen molar-refractivity contribution in [2.75, 3.05) is 0 Å². The lowest BCUT2D eigenvalue weighted by molar-refractivity contribution is 0.565. The third kappa shape index (κ3) is 2.95. The second-order valence-corrected chi connectivity index (χ2v) is 6.51. The maximum Gasteiger partial charge on any atom is 0.241 e. The van der Waals surface area contributed by atoms with Crippen LogP contribution in [0.2, 0.25) is 0 Å². The highest BCUT2D eigenvalue weighted by Gasteiger charge is 2.19. The zero-order chi connectivity index (χ0) is 13.2. The normalized spacial score (nSPS) is 13.4. The fraction of sp³-hybridized carbons (Fsp3) is 0.167. The molecule has 0 amide bonds. The summed E-state index contributed by atoms with van der Waals surface area (Å²) < 4.78 is 39.6. The number of rotatable bonds is 4. The van der Waals surface area contributed by atoms with Gasteiger partial charge < -0.3 is 0 Å². The third-order valence-corrected chi connectivity index (χ3v) is 5.00. The molecule has 2 rings (SSSR count). The van der Waals surface area contributed by atoms with Crippen LogP contribution >= 0.6 is 11.3 Å². The Kier molecular flexibility index (Phi) is 3.79. The van der Waals surface area contributed by atoms with Crippen LogP contribution in [0, 0.1) is 5.82 Å². The minimum Gasteiger partial charge on any atom is -0.207 e. The monoisotopic (exact) mass is 285 g/mol. The van der Waals surface area contributed by atoms with Gasteiger partial charge in [0.1, 0.15) is 5.82 Å². The Bertz CT molecular complexity index is 623. The van der Waals surface area contributed by atoms with Crippen molar-refractivity contribution in [2.24, 2.45) is 0 Å². The van der Waals surface area contributed by atoms with Gasteiger partial charge in [0.05, 0.1) is 10.9 Å². The molecular weight excluding hydrogens is 273 g/mol. The molecule has 96 valence electrons. The quantitative estimate of drug-likeness (QED) is 0.939. The van der Waals surface area contributed by atoms with Crippen molar-refractivity contribution < 1.29 is 12.8 Å². The SMILES string of the molecule is C[C@H](NS(=O)(=O)c1cccc(F)c1)c1cccs1. The largest absolute Gasteiger partial charge is 0.241 e. The molecule has 0 bridgehead atoms. The molecule has 2 aromatic rings. The van der Waals surface area contributed by atoms with E-state index in [1.807, 2.05) is 17.5 Å². The van der Waals surface area contributed by atoms with Gasteiger partial charge in [0.25, 0.3) is 0 Å². The van der Waals surface area contributed by atoms with Crippen LogP contribution in [-0.2, 0) is 10.0 Å². The summed E-state index contributed by atoms with van der Waals surface area (Å²) in [5, 5.41) is 1.88. The maximum atomic E-state index is 13.0. The number of hydrogen-bond donors (Lipinski definition) is 1. The van der Waals surface area contributed by atoms with Crippen LogP contribution in [0.3, 0.4) is 0 Å². The van der Waals surface area contributed by atoms with Crippen molar-refractivity contribution in [1.29, 1.82) is 0 Å². The Morgan fingerprint density at radius 1 is 1.28 bits per heavy atom. The van der Waals surface area contributed by atoms with Crippen molar-refractivity contribution >= 4 is 21.4 Å². The molecule has 0 radical (unpaired) electrons. The van der Waals surface area contributed by atoms with Crippen LogP contribution in [0.5, 0.6) is 0 Å². The predicted octanol–water partition coefficient (Wildman–Crippen LogP) is 2.93. The highest BCUT2D eigenvalue weighted by Crippen LogP contribution is 2.21. The first-order valence-corrected chi connectivity index (χ1v) is 7.66. The molecule has 3 nitrogen and oxygen atoms in total. The Hall–Kier alpha value is -1.24. The molecule has 0 saturated carbocycles. The summed E-state index contributed by atoms with van der Waals surface area (Å²) in [6.45, 7) is 1.75. The van der Waals surface area contributed by atoms with Gasteiger partial charge in [0.2, 0.25) is 10.0 Å². The van der Waals surface area contributed by atoms with Gasteiger partial charge >= 0.3 is 0 Å². The molecule has 1 aromatic heterocycles.